The van der Waals surface area contributed by atoms with Gasteiger partial charge in [-0.25, -0.2) is 9.78 Å². The molecule has 0 radical (unpaired) electrons. The van der Waals surface area contributed by atoms with E-state index in [0.29, 0.717) is 16.8 Å². The van der Waals surface area contributed by atoms with Gasteiger partial charge in [0.05, 0.1) is 11.2 Å². The molecule has 0 bridgehead atoms. The van der Waals surface area contributed by atoms with Crippen molar-refractivity contribution < 1.29 is 9.21 Å². The van der Waals surface area contributed by atoms with E-state index < -0.39 is 5.76 Å². The fourth-order valence-corrected chi connectivity index (χ4v) is 3.52. The number of hydrogen-bond donors (Lipinski definition) is 1. The predicted molar refractivity (Wildman–Crippen MR) is 114 cm³/mol. The SMILES string of the molecule is Cc1cccn2cc(-c3ccc(NC(=O)Cn4c(=O)oc5ccccc54)cc3)nc12. The molecule has 5 rings (SSSR count). The van der Waals surface area contributed by atoms with Gasteiger partial charge in [-0.15, -0.1) is 0 Å². The number of anilines is 1. The Morgan fingerprint density at radius 2 is 1.87 bits per heavy atom. The highest BCUT2D eigenvalue weighted by atomic mass is 16.4. The van der Waals surface area contributed by atoms with Crippen molar-refractivity contribution in [3.05, 3.63) is 89.2 Å². The third-order valence-corrected chi connectivity index (χ3v) is 5.02. The molecule has 5 aromatic rings. The standard InChI is InChI=1S/C23H18N4O3/c1-15-5-4-12-26-13-18(25-22(15)26)16-8-10-17(11-9-16)24-21(28)14-27-19-6-2-3-7-20(19)30-23(27)29/h2-13H,14H2,1H3,(H,24,28). The molecule has 0 fully saturated rings. The molecular formula is C23H18N4O3. The average Bonchev–Trinajstić information content (AvgIpc) is 3.31. The first-order chi connectivity index (χ1) is 14.6. The van der Waals surface area contributed by atoms with Crippen LogP contribution in [-0.4, -0.2) is 19.9 Å². The Bertz CT molecular complexity index is 1440. The van der Waals surface area contributed by atoms with Crippen LogP contribution >= 0.6 is 0 Å². The fourth-order valence-electron chi connectivity index (χ4n) is 3.52. The number of rotatable bonds is 4. The van der Waals surface area contributed by atoms with E-state index in [4.69, 9.17) is 4.42 Å². The number of nitrogens with zero attached hydrogens (tertiary/aromatic N) is 3. The van der Waals surface area contributed by atoms with Gasteiger partial charge in [0.1, 0.15) is 12.2 Å². The minimum atomic E-state index is -0.552. The topological polar surface area (TPSA) is 81.5 Å². The van der Waals surface area contributed by atoms with Crippen LogP contribution in [0.4, 0.5) is 5.69 Å². The summed E-state index contributed by atoms with van der Waals surface area (Å²) in [5, 5.41) is 2.82. The Hall–Kier alpha value is -4.13. The third kappa shape index (κ3) is 3.16. The van der Waals surface area contributed by atoms with Crippen molar-refractivity contribution in [3.8, 4) is 11.3 Å². The number of aryl methyl sites for hydroxylation is 1. The van der Waals surface area contributed by atoms with Gasteiger partial charge in [-0.1, -0.05) is 30.3 Å². The number of carbonyl (C=O) groups is 1. The van der Waals surface area contributed by atoms with Crippen LogP contribution in [0.5, 0.6) is 0 Å². The van der Waals surface area contributed by atoms with Crippen molar-refractivity contribution in [2.45, 2.75) is 13.5 Å². The maximum absolute atomic E-state index is 12.5. The summed E-state index contributed by atoms with van der Waals surface area (Å²) in [6.45, 7) is 1.91. The van der Waals surface area contributed by atoms with Crippen LogP contribution in [0.3, 0.4) is 0 Å². The van der Waals surface area contributed by atoms with E-state index in [1.807, 2.05) is 60.1 Å². The minimum absolute atomic E-state index is 0.122. The molecule has 0 atom stereocenters. The first-order valence-corrected chi connectivity index (χ1v) is 9.51. The van der Waals surface area contributed by atoms with Gasteiger partial charge in [-0.2, -0.15) is 0 Å². The summed E-state index contributed by atoms with van der Waals surface area (Å²) in [5.74, 6) is -0.858. The number of aromatic nitrogens is 3. The number of fused-ring (bicyclic) bond motifs is 2. The summed E-state index contributed by atoms with van der Waals surface area (Å²) in [5.41, 5.74) is 5.53. The molecule has 7 nitrogen and oxygen atoms in total. The van der Waals surface area contributed by atoms with E-state index in [2.05, 4.69) is 10.3 Å². The average molecular weight is 398 g/mol. The quantitative estimate of drug-likeness (QED) is 0.498. The van der Waals surface area contributed by atoms with Gasteiger partial charge in [-0.05, 0) is 42.8 Å². The molecule has 0 spiro atoms. The predicted octanol–water partition coefficient (Wildman–Crippen LogP) is 3.86. The van der Waals surface area contributed by atoms with Crippen molar-refractivity contribution >= 4 is 28.3 Å². The zero-order valence-corrected chi connectivity index (χ0v) is 16.2. The number of para-hydroxylation sites is 2. The highest BCUT2D eigenvalue weighted by Crippen LogP contribution is 2.22. The number of benzene rings is 2. The monoisotopic (exact) mass is 398 g/mol. The molecule has 0 unspecified atom stereocenters. The van der Waals surface area contributed by atoms with Crippen LogP contribution in [0.1, 0.15) is 5.56 Å². The van der Waals surface area contributed by atoms with Gasteiger partial charge in [0.25, 0.3) is 0 Å². The molecule has 3 aromatic heterocycles. The smallest absolute Gasteiger partial charge is 0.408 e. The summed E-state index contributed by atoms with van der Waals surface area (Å²) < 4.78 is 8.48. The van der Waals surface area contributed by atoms with E-state index in [1.54, 1.807) is 24.3 Å². The summed E-state index contributed by atoms with van der Waals surface area (Å²) in [7, 11) is 0. The van der Waals surface area contributed by atoms with E-state index >= 15 is 0 Å². The Kier molecular flexibility index (Phi) is 4.21. The molecule has 0 saturated carbocycles. The van der Waals surface area contributed by atoms with Gasteiger partial charge in [-0.3, -0.25) is 9.36 Å². The van der Waals surface area contributed by atoms with Crippen LogP contribution in [0.25, 0.3) is 28.0 Å². The highest BCUT2D eigenvalue weighted by molar-refractivity contribution is 5.91. The number of oxazole rings is 1. The zero-order chi connectivity index (χ0) is 20.7. The Morgan fingerprint density at radius 1 is 1.07 bits per heavy atom. The van der Waals surface area contributed by atoms with Gasteiger partial charge in [0.15, 0.2) is 5.58 Å². The van der Waals surface area contributed by atoms with Gasteiger partial charge >= 0.3 is 5.76 Å². The fraction of sp³-hybridized carbons (Fsp3) is 0.0870. The maximum atomic E-state index is 12.5. The van der Waals surface area contributed by atoms with Crippen LogP contribution in [0.2, 0.25) is 0 Å². The molecule has 0 saturated heterocycles. The normalized spacial score (nSPS) is 11.2. The van der Waals surface area contributed by atoms with E-state index in [1.165, 1.54) is 4.57 Å². The largest absolute Gasteiger partial charge is 0.420 e. The van der Waals surface area contributed by atoms with Crippen LogP contribution in [0.15, 0.2) is 82.3 Å². The van der Waals surface area contributed by atoms with Crippen molar-refractivity contribution in [2.75, 3.05) is 5.32 Å². The number of hydrogen-bond acceptors (Lipinski definition) is 4. The Balaban J connectivity index is 1.34. The lowest BCUT2D eigenvalue weighted by Gasteiger charge is -2.06. The maximum Gasteiger partial charge on any atom is 0.420 e. The molecule has 2 aromatic carbocycles. The summed E-state index contributed by atoms with van der Waals surface area (Å²) >= 11 is 0. The molecule has 1 N–H and O–H groups in total. The zero-order valence-electron chi connectivity index (χ0n) is 16.2. The number of pyridine rings is 1. The van der Waals surface area contributed by atoms with Crippen molar-refractivity contribution in [3.63, 3.8) is 0 Å². The number of amides is 1. The lowest BCUT2D eigenvalue weighted by molar-refractivity contribution is -0.116. The Labute approximate surface area is 171 Å². The van der Waals surface area contributed by atoms with E-state index in [9.17, 15) is 9.59 Å². The molecule has 3 heterocycles. The van der Waals surface area contributed by atoms with Crippen LogP contribution in [0, 0.1) is 6.92 Å². The molecule has 0 aliphatic heterocycles. The van der Waals surface area contributed by atoms with Crippen molar-refractivity contribution in [1.29, 1.82) is 0 Å². The minimum Gasteiger partial charge on any atom is -0.408 e. The van der Waals surface area contributed by atoms with Crippen molar-refractivity contribution in [2.24, 2.45) is 0 Å². The lowest BCUT2D eigenvalue weighted by atomic mass is 10.1. The summed E-state index contributed by atoms with van der Waals surface area (Å²) in [6.07, 6.45) is 3.95. The van der Waals surface area contributed by atoms with Gasteiger partial charge in [0.2, 0.25) is 5.91 Å². The lowest BCUT2D eigenvalue weighted by Crippen LogP contribution is -2.24. The molecule has 0 aliphatic rings. The first kappa shape index (κ1) is 17.9. The van der Waals surface area contributed by atoms with E-state index in [-0.39, 0.29) is 12.5 Å². The second-order valence-electron chi connectivity index (χ2n) is 7.10. The number of nitrogens with one attached hydrogen (secondary N) is 1. The second-order valence-corrected chi connectivity index (χ2v) is 7.10. The molecular weight excluding hydrogens is 380 g/mol. The number of carbonyl (C=O) groups excluding carboxylic acids is 1. The summed E-state index contributed by atoms with van der Waals surface area (Å²) in [4.78, 5) is 29.2. The number of imidazole rings is 1. The molecule has 7 heteroatoms. The summed E-state index contributed by atoms with van der Waals surface area (Å²) in [6, 6.07) is 18.5. The van der Waals surface area contributed by atoms with Crippen molar-refractivity contribution in [1.82, 2.24) is 14.0 Å². The Morgan fingerprint density at radius 3 is 2.67 bits per heavy atom. The molecule has 148 valence electrons. The van der Waals surface area contributed by atoms with Gasteiger partial charge in [0, 0.05) is 23.6 Å². The van der Waals surface area contributed by atoms with E-state index in [0.717, 1.165) is 22.5 Å². The third-order valence-electron chi connectivity index (χ3n) is 5.02. The van der Waals surface area contributed by atoms with Crippen LogP contribution in [-0.2, 0) is 11.3 Å². The molecule has 1 amide bonds. The van der Waals surface area contributed by atoms with Crippen LogP contribution < -0.4 is 11.1 Å². The second kappa shape index (κ2) is 7.04. The molecule has 0 aliphatic carbocycles. The first-order valence-electron chi connectivity index (χ1n) is 9.51. The van der Waals surface area contributed by atoms with Gasteiger partial charge < -0.3 is 14.1 Å². The molecule has 30 heavy (non-hydrogen) atoms. The highest BCUT2D eigenvalue weighted by Gasteiger charge is 2.13.